The first-order valence-electron chi connectivity index (χ1n) is 5.29. The van der Waals surface area contributed by atoms with Crippen LogP contribution in [-0.2, 0) is 0 Å². The second-order valence-corrected chi connectivity index (χ2v) is 4.40. The minimum atomic E-state index is -2.44. The number of halogens is 2. The predicted molar refractivity (Wildman–Crippen MR) is 47.9 cm³/mol. The molecule has 0 aromatic rings. The van der Waals surface area contributed by atoms with E-state index in [9.17, 15) is 8.78 Å². The van der Waals surface area contributed by atoms with Crippen molar-refractivity contribution in [1.82, 2.24) is 5.32 Å². The van der Waals surface area contributed by atoms with Crippen molar-refractivity contribution in [2.45, 2.75) is 38.0 Å². The van der Waals surface area contributed by atoms with E-state index in [4.69, 9.17) is 0 Å². The summed E-state index contributed by atoms with van der Waals surface area (Å²) in [6.07, 6.45) is 5.57. The Morgan fingerprint density at radius 2 is 1.77 bits per heavy atom. The molecule has 0 bridgehead atoms. The summed E-state index contributed by atoms with van der Waals surface area (Å²) >= 11 is 0. The molecule has 0 aromatic carbocycles. The SMILES string of the molecule is FC1(F)CNCC1C1CCCCC1. The minimum absolute atomic E-state index is 0.103. The van der Waals surface area contributed by atoms with Gasteiger partial charge in [-0.25, -0.2) is 8.78 Å². The van der Waals surface area contributed by atoms with E-state index < -0.39 is 5.92 Å². The Bertz CT molecular complexity index is 176. The molecule has 1 aliphatic carbocycles. The van der Waals surface area contributed by atoms with Crippen molar-refractivity contribution in [3.05, 3.63) is 0 Å². The topological polar surface area (TPSA) is 12.0 Å². The Balaban J connectivity index is 1.98. The first-order chi connectivity index (χ1) is 6.20. The fourth-order valence-corrected chi connectivity index (χ4v) is 2.72. The van der Waals surface area contributed by atoms with Gasteiger partial charge in [-0.3, -0.25) is 0 Å². The maximum absolute atomic E-state index is 13.3. The van der Waals surface area contributed by atoms with Gasteiger partial charge in [-0.1, -0.05) is 19.3 Å². The smallest absolute Gasteiger partial charge is 0.264 e. The van der Waals surface area contributed by atoms with Crippen molar-refractivity contribution >= 4 is 0 Å². The van der Waals surface area contributed by atoms with Crippen LogP contribution < -0.4 is 5.32 Å². The third-order valence-electron chi connectivity index (χ3n) is 3.49. The van der Waals surface area contributed by atoms with Gasteiger partial charge >= 0.3 is 0 Å². The molecule has 1 saturated carbocycles. The molecule has 0 radical (unpaired) electrons. The van der Waals surface area contributed by atoms with E-state index >= 15 is 0 Å². The summed E-state index contributed by atoms with van der Waals surface area (Å²) in [5.41, 5.74) is 0. The molecule has 0 amide bonds. The van der Waals surface area contributed by atoms with Crippen molar-refractivity contribution in [2.75, 3.05) is 13.1 Å². The Hall–Kier alpha value is -0.180. The average molecular weight is 189 g/mol. The normalized spacial score (nSPS) is 35.1. The van der Waals surface area contributed by atoms with Crippen LogP contribution in [0.15, 0.2) is 0 Å². The third-order valence-corrected chi connectivity index (χ3v) is 3.49. The number of rotatable bonds is 1. The van der Waals surface area contributed by atoms with Crippen LogP contribution in [0.3, 0.4) is 0 Å². The van der Waals surface area contributed by atoms with Crippen LogP contribution in [0.4, 0.5) is 8.78 Å². The van der Waals surface area contributed by atoms with Crippen LogP contribution in [0.25, 0.3) is 0 Å². The molecule has 1 saturated heterocycles. The van der Waals surface area contributed by atoms with Gasteiger partial charge in [-0.15, -0.1) is 0 Å². The van der Waals surface area contributed by atoms with E-state index in [1.54, 1.807) is 0 Å². The second kappa shape index (κ2) is 3.52. The lowest BCUT2D eigenvalue weighted by Gasteiger charge is -2.30. The summed E-state index contributed by atoms with van der Waals surface area (Å²) in [4.78, 5) is 0. The highest BCUT2D eigenvalue weighted by Gasteiger charge is 2.47. The van der Waals surface area contributed by atoms with Crippen LogP contribution in [-0.4, -0.2) is 19.0 Å². The molecule has 1 heterocycles. The molecule has 76 valence electrons. The molecule has 2 rings (SSSR count). The third kappa shape index (κ3) is 1.85. The van der Waals surface area contributed by atoms with Gasteiger partial charge in [0.25, 0.3) is 5.92 Å². The zero-order chi connectivity index (χ0) is 9.31. The first-order valence-corrected chi connectivity index (χ1v) is 5.29. The quantitative estimate of drug-likeness (QED) is 0.668. The van der Waals surface area contributed by atoms with Gasteiger partial charge in [0.2, 0.25) is 0 Å². The highest BCUT2D eigenvalue weighted by Crippen LogP contribution is 2.40. The van der Waals surface area contributed by atoms with Crippen molar-refractivity contribution < 1.29 is 8.78 Å². The van der Waals surface area contributed by atoms with E-state index in [1.165, 1.54) is 6.42 Å². The van der Waals surface area contributed by atoms with E-state index in [1.807, 2.05) is 0 Å². The summed E-state index contributed by atoms with van der Waals surface area (Å²) in [5, 5.41) is 2.81. The fraction of sp³-hybridized carbons (Fsp3) is 1.00. The molecule has 1 unspecified atom stereocenters. The monoisotopic (exact) mass is 189 g/mol. The molecule has 0 spiro atoms. The van der Waals surface area contributed by atoms with E-state index in [0.29, 0.717) is 6.54 Å². The number of hydrogen-bond donors (Lipinski definition) is 1. The molecule has 2 aliphatic rings. The summed E-state index contributed by atoms with van der Waals surface area (Å²) in [6, 6.07) is 0. The largest absolute Gasteiger partial charge is 0.311 e. The molecule has 1 atom stereocenters. The zero-order valence-corrected chi connectivity index (χ0v) is 7.86. The molecular formula is C10H17F2N. The second-order valence-electron chi connectivity index (χ2n) is 4.40. The Morgan fingerprint density at radius 1 is 1.08 bits per heavy atom. The van der Waals surface area contributed by atoms with E-state index in [0.717, 1.165) is 25.7 Å². The van der Waals surface area contributed by atoms with Crippen LogP contribution >= 0.6 is 0 Å². The fourth-order valence-electron chi connectivity index (χ4n) is 2.72. The van der Waals surface area contributed by atoms with Crippen molar-refractivity contribution in [3.63, 3.8) is 0 Å². The Labute approximate surface area is 77.9 Å². The lowest BCUT2D eigenvalue weighted by molar-refractivity contribution is -0.0489. The molecular weight excluding hydrogens is 172 g/mol. The minimum Gasteiger partial charge on any atom is -0.311 e. The Morgan fingerprint density at radius 3 is 2.31 bits per heavy atom. The van der Waals surface area contributed by atoms with Gasteiger partial charge in [-0.05, 0) is 18.8 Å². The number of hydrogen-bond acceptors (Lipinski definition) is 1. The zero-order valence-electron chi connectivity index (χ0n) is 7.86. The molecule has 1 nitrogen and oxygen atoms in total. The van der Waals surface area contributed by atoms with Gasteiger partial charge in [0.1, 0.15) is 0 Å². The van der Waals surface area contributed by atoms with Crippen LogP contribution in [0.1, 0.15) is 32.1 Å². The highest BCUT2D eigenvalue weighted by atomic mass is 19.3. The summed E-state index contributed by atoms with van der Waals surface area (Å²) < 4.78 is 26.7. The van der Waals surface area contributed by atoms with E-state index in [-0.39, 0.29) is 18.4 Å². The molecule has 2 fully saturated rings. The van der Waals surface area contributed by atoms with Crippen LogP contribution in [0, 0.1) is 11.8 Å². The maximum atomic E-state index is 13.3. The average Bonchev–Trinajstić information content (AvgIpc) is 2.47. The van der Waals surface area contributed by atoms with E-state index in [2.05, 4.69) is 5.32 Å². The number of nitrogens with one attached hydrogen (secondary N) is 1. The van der Waals surface area contributed by atoms with Gasteiger partial charge in [0.15, 0.2) is 0 Å². The molecule has 0 aromatic heterocycles. The summed E-state index contributed by atoms with van der Waals surface area (Å²) in [7, 11) is 0. The summed E-state index contributed by atoms with van der Waals surface area (Å²) in [6.45, 7) is 0.422. The van der Waals surface area contributed by atoms with Gasteiger partial charge in [-0.2, -0.15) is 0 Å². The maximum Gasteiger partial charge on any atom is 0.264 e. The van der Waals surface area contributed by atoms with Gasteiger partial charge in [0, 0.05) is 12.5 Å². The number of alkyl halides is 2. The lowest BCUT2D eigenvalue weighted by atomic mass is 9.78. The van der Waals surface area contributed by atoms with Crippen molar-refractivity contribution in [1.29, 1.82) is 0 Å². The molecule has 1 N–H and O–H groups in total. The van der Waals surface area contributed by atoms with Crippen LogP contribution in [0.2, 0.25) is 0 Å². The molecule has 1 aliphatic heterocycles. The summed E-state index contributed by atoms with van der Waals surface area (Å²) in [5.74, 6) is -2.55. The van der Waals surface area contributed by atoms with Crippen molar-refractivity contribution in [3.8, 4) is 0 Å². The standard InChI is InChI=1S/C10H17F2N/c11-10(12)7-13-6-9(10)8-4-2-1-3-5-8/h8-9,13H,1-7H2. The first kappa shape index (κ1) is 9.38. The molecule has 13 heavy (non-hydrogen) atoms. The van der Waals surface area contributed by atoms with Gasteiger partial charge < -0.3 is 5.32 Å². The Kier molecular flexibility index (Phi) is 2.54. The van der Waals surface area contributed by atoms with Gasteiger partial charge in [0.05, 0.1) is 6.54 Å². The lowest BCUT2D eigenvalue weighted by Crippen LogP contribution is -2.33. The predicted octanol–water partition coefficient (Wildman–Crippen LogP) is 2.42. The highest BCUT2D eigenvalue weighted by molar-refractivity contribution is 4.92. The van der Waals surface area contributed by atoms with Crippen molar-refractivity contribution in [2.24, 2.45) is 11.8 Å². The van der Waals surface area contributed by atoms with Crippen LogP contribution in [0.5, 0.6) is 0 Å². The molecule has 3 heteroatoms.